The second-order valence-corrected chi connectivity index (χ2v) is 6.45. The van der Waals surface area contributed by atoms with Crippen molar-refractivity contribution in [2.24, 2.45) is 0 Å². The van der Waals surface area contributed by atoms with E-state index in [2.05, 4.69) is 77.7 Å². The van der Waals surface area contributed by atoms with Crippen LogP contribution in [0.2, 0.25) is 5.02 Å². The summed E-state index contributed by atoms with van der Waals surface area (Å²) in [7, 11) is 0. The van der Waals surface area contributed by atoms with E-state index in [1.807, 2.05) is 12.1 Å². The third kappa shape index (κ3) is 1.88. The lowest BCUT2D eigenvalue weighted by Gasteiger charge is -2.33. The van der Waals surface area contributed by atoms with Crippen molar-refractivity contribution in [1.29, 1.82) is 0 Å². The summed E-state index contributed by atoms with van der Waals surface area (Å²) in [5.74, 6) is 0. The molecule has 0 saturated heterocycles. The van der Waals surface area contributed by atoms with Gasteiger partial charge in [-0.3, -0.25) is 0 Å². The Kier molecular flexibility index (Phi) is 2.91. The van der Waals surface area contributed by atoms with Gasteiger partial charge in [-0.2, -0.15) is 0 Å². The molecule has 0 radical (unpaired) electrons. The van der Waals surface area contributed by atoms with E-state index in [1.54, 1.807) is 0 Å². The minimum Gasteiger partial charge on any atom is -0.309 e. The lowest BCUT2D eigenvalue weighted by Crippen LogP contribution is -2.14. The molecule has 0 saturated carbocycles. The van der Waals surface area contributed by atoms with Crippen molar-refractivity contribution < 1.29 is 0 Å². The van der Waals surface area contributed by atoms with Crippen LogP contribution in [0, 0.1) is 0 Å². The summed E-state index contributed by atoms with van der Waals surface area (Å²) < 4.78 is 0. The standard InChI is InChI=1S/C22H14ClN/c23-16-12-13-18-19-10-4-6-15-7-5-11-20(22(15)19)24(21(18)14-16)17-8-2-1-3-9-17/h1-14H. The van der Waals surface area contributed by atoms with Crippen LogP contribution in [0.4, 0.5) is 17.1 Å². The Morgan fingerprint density at radius 1 is 0.625 bits per heavy atom. The molecule has 0 bridgehead atoms. The summed E-state index contributed by atoms with van der Waals surface area (Å²) in [6.45, 7) is 0. The monoisotopic (exact) mass is 327 g/mol. The van der Waals surface area contributed by atoms with Gasteiger partial charge in [-0.1, -0.05) is 66.2 Å². The average molecular weight is 328 g/mol. The van der Waals surface area contributed by atoms with Gasteiger partial charge in [-0.15, -0.1) is 0 Å². The van der Waals surface area contributed by atoms with Crippen LogP contribution < -0.4 is 4.90 Å². The number of halogens is 1. The molecule has 0 amide bonds. The van der Waals surface area contributed by atoms with Crippen molar-refractivity contribution >= 4 is 39.4 Å². The van der Waals surface area contributed by atoms with Crippen molar-refractivity contribution in [3.63, 3.8) is 0 Å². The maximum Gasteiger partial charge on any atom is 0.0555 e. The van der Waals surface area contributed by atoms with Gasteiger partial charge in [-0.05, 0) is 41.3 Å². The lowest BCUT2D eigenvalue weighted by atomic mass is 9.91. The van der Waals surface area contributed by atoms with Gasteiger partial charge < -0.3 is 4.90 Å². The normalized spacial score (nSPS) is 12.3. The molecular formula is C22H14ClN. The Balaban J connectivity index is 1.95. The van der Waals surface area contributed by atoms with Crippen molar-refractivity contribution in [3.8, 4) is 11.1 Å². The molecule has 0 spiro atoms. The van der Waals surface area contributed by atoms with E-state index in [4.69, 9.17) is 11.6 Å². The Morgan fingerprint density at radius 2 is 1.42 bits per heavy atom. The zero-order chi connectivity index (χ0) is 16.1. The smallest absolute Gasteiger partial charge is 0.0555 e. The SMILES string of the molecule is Clc1ccc2c(c1)N(c1ccccc1)c1cccc3cccc-2c13. The predicted octanol–water partition coefficient (Wildman–Crippen LogP) is 6.94. The fraction of sp³-hybridized carbons (Fsp3) is 0. The van der Waals surface area contributed by atoms with Gasteiger partial charge >= 0.3 is 0 Å². The van der Waals surface area contributed by atoms with Crippen LogP contribution in [0.3, 0.4) is 0 Å². The molecule has 4 aromatic carbocycles. The molecule has 0 fully saturated rings. The maximum atomic E-state index is 6.33. The van der Waals surface area contributed by atoms with E-state index in [1.165, 1.54) is 27.6 Å². The molecule has 0 N–H and O–H groups in total. The molecule has 0 atom stereocenters. The molecule has 114 valence electrons. The molecule has 0 aromatic heterocycles. The Morgan fingerprint density at radius 3 is 2.25 bits per heavy atom. The number of anilines is 3. The Hall–Kier alpha value is -2.77. The summed E-state index contributed by atoms with van der Waals surface area (Å²) in [4.78, 5) is 2.30. The summed E-state index contributed by atoms with van der Waals surface area (Å²) >= 11 is 6.33. The van der Waals surface area contributed by atoms with Crippen molar-refractivity contribution in [3.05, 3.63) is 90.0 Å². The number of nitrogens with zero attached hydrogens (tertiary/aromatic N) is 1. The molecule has 5 rings (SSSR count). The van der Waals surface area contributed by atoms with Crippen molar-refractivity contribution in [2.45, 2.75) is 0 Å². The molecule has 2 heteroatoms. The van der Waals surface area contributed by atoms with Gasteiger partial charge in [-0.25, -0.2) is 0 Å². The first-order chi connectivity index (χ1) is 11.8. The largest absolute Gasteiger partial charge is 0.309 e. The van der Waals surface area contributed by atoms with Gasteiger partial charge in [0.25, 0.3) is 0 Å². The summed E-state index contributed by atoms with van der Waals surface area (Å²) in [5, 5.41) is 3.30. The third-order valence-corrected chi connectivity index (χ3v) is 4.86. The third-order valence-electron chi connectivity index (χ3n) is 4.63. The molecule has 1 aliphatic heterocycles. The van der Waals surface area contributed by atoms with E-state index in [0.717, 1.165) is 16.4 Å². The number of fused-ring (bicyclic) bond motifs is 2. The first-order valence-corrected chi connectivity index (χ1v) is 8.37. The van der Waals surface area contributed by atoms with E-state index < -0.39 is 0 Å². The Bertz CT molecular complexity index is 1060. The maximum absolute atomic E-state index is 6.33. The first-order valence-electron chi connectivity index (χ1n) is 8.00. The van der Waals surface area contributed by atoms with Crippen molar-refractivity contribution in [2.75, 3.05) is 4.90 Å². The number of para-hydroxylation sites is 1. The number of hydrogen-bond donors (Lipinski definition) is 0. The first kappa shape index (κ1) is 13.6. The number of hydrogen-bond acceptors (Lipinski definition) is 1. The van der Waals surface area contributed by atoms with Crippen LogP contribution in [0.25, 0.3) is 21.9 Å². The molecular weight excluding hydrogens is 314 g/mol. The van der Waals surface area contributed by atoms with Crippen molar-refractivity contribution in [1.82, 2.24) is 0 Å². The molecule has 4 aromatic rings. The van der Waals surface area contributed by atoms with Crippen LogP contribution in [0.1, 0.15) is 0 Å². The fourth-order valence-corrected chi connectivity index (χ4v) is 3.80. The van der Waals surface area contributed by atoms with Gasteiger partial charge in [0.05, 0.1) is 11.4 Å². The van der Waals surface area contributed by atoms with Crippen LogP contribution >= 0.6 is 11.6 Å². The number of benzene rings is 4. The molecule has 1 nitrogen and oxygen atoms in total. The van der Waals surface area contributed by atoms with E-state index in [0.29, 0.717) is 0 Å². The highest BCUT2D eigenvalue weighted by Gasteiger charge is 2.25. The zero-order valence-electron chi connectivity index (χ0n) is 12.9. The summed E-state index contributed by atoms with van der Waals surface area (Å²) in [6.07, 6.45) is 0. The second-order valence-electron chi connectivity index (χ2n) is 6.01. The lowest BCUT2D eigenvalue weighted by molar-refractivity contribution is 1.28. The van der Waals surface area contributed by atoms with E-state index >= 15 is 0 Å². The average Bonchev–Trinajstić information content (AvgIpc) is 2.63. The second kappa shape index (κ2) is 5.12. The number of rotatable bonds is 1. The highest BCUT2D eigenvalue weighted by atomic mass is 35.5. The van der Waals surface area contributed by atoms with Gasteiger partial charge in [0.15, 0.2) is 0 Å². The highest BCUT2D eigenvalue weighted by Crippen LogP contribution is 2.51. The molecule has 0 unspecified atom stereocenters. The minimum absolute atomic E-state index is 0.751. The molecule has 0 aliphatic carbocycles. The van der Waals surface area contributed by atoms with E-state index in [9.17, 15) is 0 Å². The zero-order valence-corrected chi connectivity index (χ0v) is 13.7. The van der Waals surface area contributed by atoms with Crippen LogP contribution in [-0.2, 0) is 0 Å². The topological polar surface area (TPSA) is 3.24 Å². The van der Waals surface area contributed by atoms with Gasteiger partial charge in [0.2, 0.25) is 0 Å². The fourth-order valence-electron chi connectivity index (χ4n) is 3.63. The van der Waals surface area contributed by atoms with E-state index in [-0.39, 0.29) is 0 Å². The highest BCUT2D eigenvalue weighted by molar-refractivity contribution is 6.31. The summed E-state index contributed by atoms with van der Waals surface area (Å²) in [5.41, 5.74) is 5.95. The van der Waals surface area contributed by atoms with Crippen LogP contribution in [0.5, 0.6) is 0 Å². The summed E-state index contributed by atoms with van der Waals surface area (Å²) in [6, 6.07) is 29.6. The van der Waals surface area contributed by atoms with Crippen LogP contribution in [0.15, 0.2) is 84.9 Å². The molecule has 24 heavy (non-hydrogen) atoms. The molecule has 1 heterocycles. The Labute approximate surface area is 145 Å². The van der Waals surface area contributed by atoms with Gasteiger partial charge in [0, 0.05) is 21.7 Å². The quantitative estimate of drug-likeness (QED) is 0.322. The van der Waals surface area contributed by atoms with Gasteiger partial charge in [0.1, 0.15) is 0 Å². The van der Waals surface area contributed by atoms with Crippen LogP contribution in [-0.4, -0.2) is 0 Å². The molecule has 1 aliphatic rings. The minimum atomic E-state index is 0.751. The predicted molar refractivity (Wildman–Crippen MR) is 103 cm³/mol.